The minimum atomic E-state index is -0.388. The largest absolute Gasteiger partial charge is 0.497 e. The summed E-state index contributed by atoms with van der Waals surface area (Å²) in [7, 11) is 9.67. The number of anilines is 1. The lowest BCUT2D eigenvalue weighted by molar-refractivity contribution is 0.0935. The smallest absolute Gasteiger partial charge is 0.255 e. The van der Waals surface area contributed by atoms with Crippen molar-refractivity contribution in [2.24, 2.45) is 0 Å². The Balaban J connectivity index is 0.967. The number of carbonyl (C=O) groups excluding carboxylic acids is 1. The number of ether oxygens (including phenoxy) is 8. The summed E-state index contributed by atoms with van der Waals surface area (Å²) >= 11 is 0. The van der Waals surface area contributed by atoms with Crippen LogP contribution in [0.25, 0.3) is 12.2 Å². The Morgan fingerprint density at radius 2 is 1.09 bits per heavy atom. The van der Waals surface area contributed by atoms with Crippen LogP contribution < -0.4 is 48.5 Å². The van der Waals surface area contributed by atoms with Gasteiger partial charge in [-0.15, -0.1) is 0 Å². The zero-order chi connectivity index (χ0) is 39.0. The average Bonchev–Trinajstić information content (AvgIpc) is 3.22. The highest BCUT2D eigenvalue weighted by atomic mass is 16.5. The standard InChI is InChI=1S/C44H54N2O9/c1-48-33-19-20-35-34(29-33)44(47)46-43(45-35)32-18-22-37(38(28-32)50-3)54-23-13-11-9-7-8-10-12-14-24-55-39-25-30(17-21-36(39)49-2)15-16-31-26-40(51-4)42(53-6)41(27-31)52-5/h15-22,25-29,43,45H,7-14,23-24H2,1-6H3,(H,46,47)/b16-15+. The lowest BCUT2D eigenvalue weighted by Gasteiger charge is -2.28. The minimum Gasteiger partial charge on any atom is -0.497 e. The molecule has 0 bridgehead atoms. The maximum Gasteiger partial charge on any atom is 0.255 e. The molecule has 1 aliphatic heterocycles. The van der Waals surface area contributed by atoms with Gasteiger partial charge in [-0.1, -0.05) is 62.8 Å². The molecule has 0 saturated heterocycles. The first-order valence-corrected chi connectivity index (χ1v) is 18.8. The van der Waals surface area contributed by atoms with E-state index in [9.17, 15) is 4.79 Å². The van der Waals surface area contributed by atoms with E-state index < -0.39 is 0 Å². The number of hydrogen-bond acceptors (Lipinski definition) is 10. The molecule has 1 aliphatic rings. The lowest BCUT2D eigenvalue weighted by atomic mass is 10.0. The lowest BCUT2D eigenvalue weighted by Crippen LogP contribution is -2.38. The van der Waals surface area contributed by atoms with Gasteiger partial charge in [-0.25, -0.2) is 0 Å². The Morgan fingerprint density at radius 1 is 0.509 bits per heavy atom. The van der Waals surface area contributed by atoms with Crippen molar-refractivity contribution in [3.8, 4) is 46.0 Å². The third-order valence-corrected chi connectivity index (χ3v) is 9.46. The van der Waals surface area contributed by atoms with Gasteiger partial charge in [0.15, 0.2) is 34.5 Å². The second kappa shape index (κ2) is 20.7. The second-order valence-electron chi connectivity index (χ2n) is 13.1. The fraction of sp³-hybridized carbons (Fsp3) is 0.386. The van der Waals surface area contributed by atoms with Gasteiger partial charge in [0.25, 0.3) is 5.91 Å². The van der Waals surface area contributed by atoms with E-state index in [0.717, 1.165) is 53.8 Å². The molecular formula is C44H54N2O9. The molecule has 4 aromatic rings. The summed E-state index contributed by atoms with van der Waals surface area (Å²) in [5.41, 5.74) is 4.08. The van der Waals surface area contributed by atoms with Gasteiger partial charge < -0.3 is 48.5 Å². The SMILES string of the molecule is COc1ccc2c(c1)C(=O)NC(c1ccc(OCCCCCCCCCCOc3cc(/C=C/c4cc(OC)c(OC)c(OC)c4)ccc3OC)c(OC)c1)N2. The fourth-order valence-electron chi connectivity index (χ4n) is 6.44. The first kappa shape index (κ1) is 40.5. The van der Waals surface area contributed by atoms with Gasteiger partial charge in [0, 0.05) is 5.69 Å². The molecule has 1 unspecified atom stereocenters. The summed E-state index contributed by atoms with van der Waals surface area (Å²) in [6.07, 6.45) is 12.5. The molecule has 1 amide bonds. The maximum absolute atomic E-state index is 12.8. The zero-order valence-electron chi connectivity index (χ0n) is 32.8. The van der Waals surface area contributed by atoms with Gasteiger partial charge in [-0.05, 0) is 84.1 Å². The summed E-state index contributed by atoms with van der Waals surface area (Å²) in [6, 6.07) is 20.9. The minimum absolute atomic E-state index is 0.162. The van der Waals surface area contributed by atoms with Crippen molar-refractivity contribution in [2.75, 3.05) is 61.2 Å². The number of nitrogens with one attached hydrogen (secondary N) is 2. The Labute approximate surface area is 324 Å². The Bertz CT molecular complexity index is 1870. The predicted molar refractivity (Wildman–Crippen MR) is 216 cm³/mol. The van der Waals surface area contributed by atoms with Crippen molar-refractivity contribution in [1.29, 1.82) is 0 Å². The first-order chi connectivity index (χ1) is 26.9. The second-order valence-corrected chi connectivity index (χ2v) is 13.1. The van der Waals surface area contributed by atoms with Crippen molar-refractivity contribution >= 4 is 23.7 Å². The average molecular weight is 755 g/mol. The van der Waals surface area contributed by atoms with Gasteiger partial charge in [-0.3, -0.25) is 4.79 Å². The van der Waals surface area contributed by atoms with E-state index in [1.165, 1.54) is 25.7 Å². The monoisotopic (exact) mass is 754 g/mol. The summed E-state index contributed by atoms with van der Waals surface area (Å²) < 4.78 is 45.1. The number of unbranched alkanes of at least 4 members (excludes halogenated alkanes) is 7. The van der Waals surface area contributed by atoms with Gasteiger partial charge in [0.1, 0.15) is 11.9 Å². The molecule has 1 heterocycles. The Kier molecular flexibility index (Phi) is 15.2. The van der Waals surface area contributed by atoms with E-state index in [0.29, 0.717) is 59.0 Å². The highest BCUT2D eigenvalue weighted by Gasteiger charge is 2.26. The number of amides is 1. The van der Waals surface area contributed by atoms with Gasteiger partial charge in [-0.2, -0.15) is 0 Å². The normalized spacial score (nSPS) is 13.3. The Morgan fingerprint density at radius 3 is 1.71 bits per heavy atom. The number of hydrogen-bond donors (Lipinski definition) is 2. The molecule has 4 aromatic carbocycles. The molecule has 0 radical (unpaired) electrons. The molecule has 0 aliphatic carbocycles. The van der Waals surface area contributed by atoms with Crippen LogP contribution in [-0.4, -0.2) is 61.8 Å². The van der Waals surface area contributed by atoms with Crippen LogP contribution >= 0.6 is 0 Å². The molecule has 1 atom stereocenters. The zero-order valence-corrected chi connectivity index (χ0v) is 32.8. The van der Waals surface area contributed by atoms with Crippen LogP contribution in [0.4, 0.5) is 5.69 Å². The predicted octanol–water partition coefficient (Wildman–Crippen LogP) is 9.34. The molecular weight excluding hydrogens is 700 g/mol. The maximum atomic E-state index is 12.8. The summed E-state index contributed by atoms with van der Waals surface area (Å²) in [5.74, 6) is 5.01. The fourth-order valence-corrected chi connectivity index (χ4v) is 6.44. The van der Waals surface area contributed by atoms with Crippen molar-refractivity contribution in [3.63, 3.8) is 0 Å². The molecule has 11 nitrogen and oxygen atoms in total. The summed E-state index contributed by atoms with van der Waals surface area (Å²) in [5, 5.41) is 6.39. The van der Waals surface area contributed by atoms with Gasteiger partial charge in [0.2, 0.25) is 5.75 Å². The van der Waals surface area contributed by atoms with E-state index in [-0.39, 0.29) is 12.1 Å². The van der Waals surface area contributed by atoms with E-state index in [1.807, 2.05) is 72.8 Å². The number of benzene rings is 4. The highest BCUT2D eigenvalue weighted by Crippen LogP contribution is 2.39. The molecule has 0 aromatic heterocycles. The van der Waals surface area contributed by atoms with Crippen LogP contribution in [0.15, 0.2) is 66.7 Å². The first-order valence-electron chi connectivity index (χ1n) is 18.8. The number of carbonyl (C=O) groups is 1. The molecule has 2 N–H and O–H groups in total. The Hall–Kier alpha value is -5.71. The van der Waals surface area contributed by atoms with Gasteiger partial charge >= 0.3 is 0 Å². The van der Waals surface area contributed by atoms with Crippen LogP contribution in [-0.2, 0) is 0 Å². The molecule has 5 rings (SSSR count). The van der Waals surface area contributed by atoms with Crippen LogP contribution in [0.2, 0.25) is 0 Å². The van der Waals surface area contributed by atoms with Crippen molar-refractivity contribution < 1.29 is 42.7 Å². The topological polar surface area (TPSA) is 115 Å². The van der Waals surface area contributed by atoms with E-state index in [1.54, 1.807) is 48.7 Å². The van der Waals surface area contributed by atoms with E-state index in [4.69, 9.17) is 37.9 Å². The van der Waals surface area contributed by atoms with Crippen LogP contribution in [0.5, 0.6) is 46.0 Å². The van der Waals surface area contributed by atoms with Crippen molar-refractivity contribution in [1.82, 2.24) is 5.32 Å². The summed E-state index contributed by atoms with van der Waals surface area (Å²) in [4.78, 5) is 12.8. The third-order valence-electron chi connectivity index (χ3n) is 9.46. The molecule has 55 heavy (non-hydrogen) atoms. The van der Waals surface area contributed by atoms with Crippen LogP contribution in [0.1, 0.15) is 84.6 Å². The number of rotatable bonds is 22. The van der Waals surface area contributed by atoms with Crippen molar-refractivity contribution in [3.05, 3.63) is 89.0 Å². The molecule has 294 valence electrons. The molecule has 0 saturated carbocycles. The molecule has 0 spiro atoms. The van der Waals surface area contributed by atoms with Gasteiger partial charge in [0.05, 0.1) is 61.4 Å². The quantitative estimate of drug-likeness (QED) is 0.0594. The summed E-state index contributed by atoms with van der Waals surface area (Å²) in [6.45, 7) is 1.25. The number of methoxy groups -OCH3 is 6. The van der Waals surface area contributed by atoms with Crippen LogP contribution in [0, 0.1) is 0 Å². The number of fused-ring (bicyclic) bond motifs is 1. The van der Waals surface area contributed by atoms with Crippen molar-refractivity contribution in [2.45, 2.75) is 57.5 Å². The molecule has 11 heteroatoms. The van der Waals surface area contributed by atoms with E-state index >= 15 is 0 Å². The van der Waals surface area contributed by atoms with Crippen LogP contribution in [0.3, 0.4) is 0 Å². The third kappa shape index (κ3) is 10.9. The van der Waals surface area contributed by atoms with E-state index in [2.05, 4.69) is 10.6 Å². The molecule has 0 fully saturated rings. The highest BCUT2D eigenvalue weighted by molar-refractivity contribution is 6.02.